The van der Waals surface area contributed by atoms with Crippen LogP contribution in [-0.4, -0.2) is 20.3 Å². The highest BCUT2D eigenvalue weighted by atomic mass is 16.5. The van der Waals surface area contributed by atoms with Gasteiger partial charge in [-0.3, -0.25) is 0 Å². The minimum Gasteiger partial charge on any atom is -0.497 e. The molecule has 2 atom stereocenters. The SMILES string of the molecule is CCC(COc1ccccc1)CC(C)COc1ccc(Cc2ccc(OC)cc2)cc1. The summed E-state index contributed by atoms with van der Waals surface area (Å²) in [4.78, 5) is 0. The van der Waals surface area contributed by atoms with Gasteiger partial charge in [0.05, 0.1) is 20.3 Å². The van der Waals surface area contributed by atoms with Crippen LogP contribution >= 0.6 is 0 Å². The van der Waals surface area contributed by atoms with E-state index in [-0.39, 0.29) is 0 Å². The Morgan fingerprint density at radius 2 is 1.23 bits per heavy atom. The highest BCUT2D eigenvalue weighted by molar-refractivity contribution is 5.34. The van der Waals surface area contributed by atoms with Gasteiger partial charge in [-0.15, -0.1) is 0 Å². The van der Waals surface area contributed by atoms with Gasteiger partial charge in [-0.2, -0.15) is 0 Å². The number of methoxy groups -OCH3 is 1. The number of benzene rings is 3. The molecule has 0 aromatic heterocycles. The lowest BCUT2D eigenvalue weighted by molar-refractivity contribution is 0.186. The van der Waals surface area contributed by atoms with Gasteiger partial charge in [0.1, 0.15) is 17.2 Å². The van der Waals surface area contributed by atoms with Crippen molar-refractivity contribution in [1.82, 2.24) is 0 Å². The van der Waals surface area contributed by atoms with Gasteiger partial charge in [-0.05, 0) is 72.2 Å². The summed E-state index contributed by atoms with van der Waals surface area (Å²) in [7, 11) is 1.69. The molecule has 0 saturated carbocycles. The fourth-order valence-electron chi connectivity index (χ4n) is 3.64. The molecule has 0 saturated heterocycles. The Hall–Kier alpha value is -2.94. The predicted molar refractivity (Wildman–Crippen MR) is 127 cm³/mol. The summed E-state index contributed by atoms with van der Waals surface area (Å²) >= 11 is 0. The molecule has 2 unspecified atom stereocenters. The Kier molecular flexibility index (Phi) is 8.84. The van der Waals surface area contributed by atoms with Gasteiger partial charge in [-0.1, -0.05) is 62.7 Å². The van der Waals surface area contributed by atoms with E-state index < -0.39 is 0 Å². The molecule has 0 aliphatic carbocycles. The van der Waals surface area contributed by atoms with Crippen molar-refractivity contribution in [2.45, 2.75) is 33.1 Å². The van der Waals surface area contributed by atoms with E-state index >= 15 is 0 Å². The van der Waals surface area contributed by atoms with Crippen LogP contribution in [0.3, 0.4) is 0 Å². The Bertz CT molecular complexity index is 872. The van der Waals surface area contributed by atoms with Gasteiger partial charge in [-0.25, -0.2) is 0 Å². The van der Waals surface area contributed by atoms with Crippen LogP contribution in [-0.2, 0) is 6.42 Å². The number of ether oxygens (including phenoxy) is 3. The molecule has 0 bridgehead atoms. The topological polar surface area (TPSA) is 27.7 Å². The second kappa shape index (κ2) is 12.0. The zero-order chi connectivity index (χ0) is 21.9. The van der Waals surface area contributed by atoms with Gasteiger partial charge in [0.15, 0.2) is 0 Å². The summed E-state index contributed by atoms with van der Waals surface area (Å²) in [5, 5.41) is 0. The molecule has 0 heterocycles. The Balaban J connectivity index is 1.42. The summed E-state index contributed by atoms with van der Waals surface area (Å²) in [6.45, 7) is 5.96. The highest BCUT2D eigenvalue weighted by Crippen LogP contribution is 2.21. The highest BCUT2D eigenvalue weighted by Gasteiger charge is 2.13. The van der Waals surface area contributed by atoms with Crippen molar-refractivity contribution in [3.63, 3.8) is 0 Å². The van der Waals surface area contributed by atoms with Crippen LogP contribution in [0.2, 0.25) is 0 Å². The summed E-state index contributed by atoms with van der Waals surface area (Å²) in [5.41, 5.74) is 2.54. The van der Waals surface area contributed by atoms with E-state index in [9.17, 15) is 0 Å². The van der Waals surface area contributed by atoms with Crippen LogP contribution in [0.4, 0.5) is 0 Å². The maximum Gasteiger partial charge on any atom is 0.119 e. The number of para-hydroxylation sites is 1. The predicted octanol–water partition coefficient (Wildman–Crippen LogP) is 6.80. The normalized spacial score (nSPS) is 12.7. The average molecular weight is 419 g/mol. The van der Waals surface area contributed by atoms with E-state index in [2.05, 4.69) is 50.2 Å². The van der Waals surface area contributed by atoms with E-state index in [1.807, 2.05) is 42.5 Å². The third-order valence-corrected chi connectivity index (χ3v) is 5.57. The van der Waals surface area contributed by atoms with Crippen molar-refractivity contribution in [3.05, 3.63) is 90.0 Å². The van der Waals surface area contributed by atoms with Crippen LogP contribution in [0.1, 0.15) is 37.8 Å². The third-order valence-electron chi connectivity index (χ3n) is 5.57. The number of hydrogen-bond acceptors (Lipinski definition) is 3. The van der Waals surface area contributed by atoms with Gasteiger partial charge >= 0.3 is 0 Å². The molecule has 0 aliphatic rings. The molecule has 0 fully saturated rings. The molecule has 3 rings (SSSR count). The van der Waals surface area contributed by atoms with Crippen molar-refractivity contribution in [2.24, 2.45) is 11.8 Å². The second-order valence-electron chi connectivity index (χ2n) is 8.22. The van der Waals surface area contributed by atoms with E-state index in [0.29, 0.717) is 11.8 Å². The van der Waals surface area contributed by atoms with Crippen molar-refractivity contribution < 1.29 is 14.2 Å². The molecule has 0 aliphatic heterocycles. The van der Waals surface area contributed by atoms with E-state index in [0.717, 1.165) is 49.7 Å². The maximum absolute atomic E-state index is 6.05. The molecule has 0 radical (unpaired) electrons. The standard InChI is InChI=1S/C28H34O3/c1-4-23(21-31-27-8-6-5-7-9-27)18-22(2)20-30-28-16-12-25(13-17-28)19-24-10-14-26(29-3)15-11-24/h5-17,22-23H,4,18-21H2,1-3H3. The molecule has 3 aromatic rings. The van der Waals surface area contributed by atoms with Crippen molar-refractivity contribution >= 4 is 0 Å². The lowest BCUT2D eigenvalue weighted by Gasteiger charge is -2.20. The molecule has 164 valence electrons. The van der Waals surface area contributed by atoms with Crippen LogP contribution < -0.4 is 14.2 Å². The minimum atomic E-state index is 0.475. The minimum absolute atomic E-state index is 0.475. The maximum atomic E-state index is 6.05. The molecule has 0 amide bonds. The van der Waals surface area contributed by atoms with Crippen LogP contribution in [0.5, 0.6) is 17.2 Å². The summed E-state index contributed by atoms with van der Waals surface area (Å²) in [5.74, 6) is 3.77. The molecule has 3 heteroatoms. The molecule has 0 N–H and O–H groups in total. The monoisotopic (exact) mass is 418 g/mol. The zero-order valence-electron chi connectivity index (χ0n) is 18.9. The van der Waals surface area contributed by atoms with E-state index in [1.54, 1.807) is 7.11 Å². The van der Waals surface area contributed by atoms with Crippen LogP contribution in [0, 0.1) is 11.8 Å². The van der Waals surface area contributed by atoms with Crippen molar-refractivity contribution in [3.8, 4) is 17.2 Å². The third kappa shape index (κ3) is 7.67. The summed E-state index contributed by atoms with van der Waals surface area (Å²) in [6, 6.07) is 26.7. The Morgan fingerprint density at radius 3 is 1.81 bits per heavy atom. The largest absolute Gasteiger partial charge is 0.497 e. The number of hydrogen-bond donors (Lipinski definition) is 0. The molecular weight excluding hydrogens is 384 g/mol. The second-order valence-corrected chi connectivity index (χ2v) is 8.22. The first-order valence-electron chi connectivity index (χ1n) is 11.2. The quantitative estimate of drug-likeness (QED) is 0.324. The van der Waals surface area contributed by atoms with Crippen LogP contribution in [0.15, 0.2) is 78.9 Å². The lowest BCUT2D eigenvalue weighted by atomic mass is 9.95. The Labute approximate surface area is 187 Å². The summed E-state index contributed by atoms with van der Waals surface area (Å²) < 4.78 is 17.2. The van der Waals surface area contributed by atoms with Crippen molar-refractivity contribution in [1.29, 1.82) is 0 Å². The first-order valence-corrected chi connectivity index (χ1v) is 11.2. The first-order chi connectivity index (χ1) is 15.2. The zero-order valence-corrected chi connectivity index (χ0v) is 18.9. The smallest absolute Gasteiger partial charge is 0.119 e. The Morgan fingerprint density at radius 1 is 0.677 bits per heavy atom. The van der Waals surface area contributed by atoms with Gasteiger partial charge in [0.25, 0.3) is 0 Å². The van der Waals surface area contributed by atoms with Crippen LogP contribution in [0.25, 0.3) is 0 Å². The van der Waals surface area contributed by atoms with Crippen molar-refractivity contribution in [2.75, 3.05) is 20.3 Å². The lowest BCUT2D eigenvalue weighted by Crippen LogP contribution is -2.18. The molecule has 3 aromatic carbocycles. The van der Waals surface area contributed by atoms with E-state index in [4.69, 9.17) is 14.2 Å². The first kappa shape index (κ1) is 22.7. The fraction of sp³-hybridized carbons (Fsp3) is 0.357. The van der Waals surface area contributed by atoms with Gasteiger partial charge in [0.2, 0.25) is 0 Å². The van der Waals surface area contributed by atoms with E-state index in [1.165, 1.54) is 11.1 Å². The molecular formula is C28H34O3. The van der Waals surface area contributed by atoms with Gasteiger partial charge in [0, 0.05) is 0 Å². The summed E-state index contributed by atoms with van der Waals surface area (Å²) in [6.07, 6.45) is 3.11. The number of rotatable bonds is 12. The van der Waals surface area contributed by atoms with Gasteiger partial charge < -0.3 is 14.2 Å². The molecule has 0 spiro atoms. The molecule has 3 nitrogen and oxygen atoms in total. The average Bonchev–Trinajstić information content (AvgIpc) is 2.82. The molecule has 31 heavy (non-hydrogen) atoms. The fourth-order valence-corrected chi connectivity index (χ4v) is 3.64.